The summed E-state index contributed by atoms with van der Waals surface area (Å²) in [6.07, 6.45) is 6.12. The van der Waals surface area contributed by atoms with Gasteiger partial charge in [0, 0.05) is 25.5 Å². The Labute approximate surface area is 105 Å². The SMILES string of the molecule is O=C(NCC1=CCNCC1)c1ccncc1Cl. The Morgan fingerprint density at radius 3 is 3.18 bits per heavy atom. The van der Waals surface area contributed by atoms with E-state index < -0.39 is 0 Å². The van der Waals surface area contributed by atoms with E-state index in [1.54, 1.807) is 12.3 Å². The van der Waals surface area contributed by atoms with Crippen LogP contribution in [0.2, 0.25) is 5.02 Å². The fourth-order valence-corrected chi connectivity index (χ4v) is 1.88. The van der Waals surface area contributed by atoms with Gasteiger partial charge in [-0.1, -0.05) is 23.3 Å². The van der Waals surface area contributed by atoms with Crippen LogP contribution in [0.5, 0.6) is 0 Å². The minimum Gasteiger partial charge on any atom is -0.348 e. The molecule has 0 aliphatic carbocycles. The lowest BCUT2D eigenvalue weighted by atomic mass is 10.1. The highest BCUT2D eigenvalue weighted by atomic mass is 35.5. The highest BCUT2D eigenvalue weighted by molar-refractivity contribution is 6.33. The highest BCUT2D eigenvalue weighted by Gasteiger charge is 2.10. The molecule has 1 amide bonds. The Morgan fingerprint density at radius 1 is 1.59 bits per heavy atom. The quantitative estimate of drug-likeness (QED) is 0.799. The van der Waals surface area contributed by atoms with Gasteiger partial charge in [0.05, 0.1) is 10.6 Å². The number of hydrogen-bond donors (Lipinski definition) is 2. The zero-order chi connectivity index (χ0) is 12.1. The third-order valence-electron chi connectivity index (χ3n) is 2.65. The summed E-state index contributed by atoms with van der Waals surface area (Å²) in [5.41, 5.74) is 1.72. The second kappa shape index (κ2) is 5.80. The number of aromatic nitrogens is 1. The molecule has 1 aromatic heterocycles. The Kier molecular flexibility index (Phi) is 4.12. The van der Waals surface area contributed by atoms with E-state index in [0.29, 0.717) is 17.1 Å². The number of amides is 1. The summed E-state index contributed by atoms with van der Waals surface area (Å²) in [7, 11) is 0. The molecule has 0 saturated heterocycles. The molecule has 90 valence electrons. The van der Waals surface area contributed by atoms with Crippen LogP contribution in [0, 0.1) is 0 Å². The monoisotopic (exact) mass is 251 g/mol. The van der Waals surface area contributed by atoms with Crippen molar-refractivity contribution in [3.8, 4) is 0 Å². The molecular weight excluding hydrogens is 238 g/mol. The standard InChI is InChI=1S/C12H14ClN3O/c13-11-8-15-6-3-10(11)12(17)16-7-9-1-4-14-5-2-9/h1,3,6,8,14H,2,4-5,7H2,(H,16,17). The van der Waals surface area contributed by atoms with Crippen molar-refractivity contribution in [1.82, 2.24) is 15.6 Å². The van der Waals surface area contributed by atoms with Crippen molar-refractivity contribution in [3.63, 3.8) is 0 Å². The summed E-state index contributed by atoms with van der Waals surface area (Å²) in [4.78, 5) is 15.7. The molecule has 0 atom stereocenters. The summed E-state index contributed by atoms with van der Waals surface area (Å²) in [5, 5.41) is 6.47. The van der Waals surface area contributed by atoms with E-state index in [1.165, 1.54) is 11.8 Å². The minimum atomic E-state index is -0.156. The zero-order valence-electron chi connectivity index (χ0n) is 9.37. The number of pyridine rings is 1. The summed E-state index contributed by atoms with van der Waals surface area (Å²) in [6.45, 7) is 2.43. The van der Waals surface area contributed by atoms with Crippen molar-refractivity contribution < 1.29 is 4.79 Å². The van der Waals surface area contributed by atoms with Gasteiger partial charge in [0.25, 0.3) is 5.91 Å². The van der Waals surface area contributed by atoms with Crippen LogP contribution in [0.15, 0.2) is 30.1 Å². The lowest BCUT2D eigenvalue weighted by Crippen LogP contribution is -2.29. The molecule has 0 saturated carbocycles. The second-order valence-corrected chi connectivity index (χ2v) is 4.26. The van der Waals surface area contributed by atoms with E-state index in [-0.39, 0.29) is 5.91 Å². The van der Waals surface area contributed by atoms with E-state index in [2.05, 4.69) is 21.7 Å². The van der Waals surface area contributed by atoms with Crippen molar-refractivity contribution in [3.05, 3.63) is 40.7 Å². The summed E-state index contributed by atoms with van der Waals surface area (Å²) in [6, 6.07) is 1.62. The van der Waals surface area contributed by atoms with Crippen molar-refractivity contribution in [2.24, 2.45) is 0 Å². The largest absolute Gasteiger partial charge is 0.348 e. The van der Waals surface area contributed by atoms with Crippen LogP contribution >= 0.6 is 11.6 Å². The van der Waals surface area contributed by atoms with Crippen LogP contribution in [0.3, 0.4) is 0 Å². The van der Waals surface area contributed by atoms with Gasteiger partial charge >= 0.3 is 0 Å². The third-order valence-corrected chi connectivity index (χ3v) is 2.95. The molecule has 0 unspecified atom stereocenters. The van der Waals surface area contributed by atoms with Gasteiger partial charge in [-0.15, -0.1) is 0 Å². The lowest BCUT2D eigenvalue weighted by molar-refractivity contribution is 0.0956. The second-order valence-electron chi connectivity index (χ2n) is 3.85. The third kappa shape index (κ3) is 3.28. The van der Waals surface area contributed by atoms with Crippen molar-refractivity contribution in [1.29, 1.82) is 0 Å². The van der Waals surface area contributed by atoms with Gasteiger partial charge in [0.2, 0.25) is 0 Å². The molecule has 4 nitrogen and oxygen atoms in total. The molecule has 2 N–H and O–H groups in total. The first kappa shape index (κ1) is 12.1. The average molecular weight is 252 g/mol. The van der Waals surface area contributed by atoms with Crippen LogP contribution in [0.4, 0.5) is 0 Å². The summed E-state index contributed by atoms with van der Waals surface area (Å²) >= 11 is 5.89. The molecule has 17 heavy (non-hydrogen) atoms. The molecule has 1 aliphatic heterocycles. The van der Waals surface area contributed by atoms with Gasteiger partial charge in [-0.25, -0.2) is 0 Å². The molecule has 0 radical (unpaired) electrons. The fraction of sp³-hybridized carbons (Fsp3) is 0.333. The maximum atomic E-state index is 11.8. The maximum Gasteiger partial charge on any atom is 0.253 e. The predicted molar refractivity (Wildman–Crippen MR) is 67.1 cm³/mol. The van der Waals surface area contributed by atoms with E-state index >= 15 is 0 Å². The number of nitrogens with zero attached hydrogens (tertiary/aromatic N) is 1. The van der Waals surface area contributed by atoms with Crippen molar-refractivity contribution in [2.45, 2.75) is 6.42 Å². The molecular formula is C12H14ClN3O. The maximum absolute atomic E-state index is 11.8. The van der Waals surface area contributed by atoms with Gasteiger partial charge in [0.1, 0.15) is 0 Å². The molecule has 0 fully saturated rings. The average Bonchev–Trinajstić information content (AvgIpc) is 2.38. The number of rotatable bonds is 3. The van der Waals surface area contributed by atoms with Crippen molar-refractivity contribution >= 4 is 17.5 Å². The van der Waals surface area contributed by atoms with E-state index in [0.717, 1.165) is 19.5 Å². The molecule has 1 aromatic rings. The van der Waals surface area contributed by atoms with Crippen LogP contribution in [0.1, 0.15) is 16.8 Å². The summed E-state index contributed by atoms with van der Waals surface area (Å²) in [5.74, 6) is -0.156. The lowest BCUT2D eigenvalue weighted by Gasteiger charge is -2.14. The Morgan fingerprint density at radius 2 is 2.47 bits per heavy atom. The van der Waals surface area contributed by atoms with E-state index in [1.807, 2.05) is 0 Å². The van der Waals surface area contributed by atoms with Crippen LogP contribution < -0.4 is 10.6 Å². The fourth-order valence-electron chi connectivity index (χ4n) is 1.68. The first-order chi connectivity index (χ1) is 8.27. The predicted octanol–water partition coefficient (Wildman–Crippen LogP) is 1.38. The topological polar surface area (TPSA) is 54.0 Å². The number of halogens is 1. The number of carbonyl (C=O) groups excluding carboxylic acids is 1. The highest BCUT2D eigenvalue weighted by Crippen LogP contribution is 2.13. The van der Waals surface area contributed by atoms with Crippen LogP contribution in [-0.2, 0) is 0 Å². The summed E-state index contributed by atoms with van der Waals surface area (Å²) < 4.78 is 0. The molecule has 5 heteroatoms. The normalized spacial score (nSPS) is 15.2. The van der Waals surface area contributed by atoms with Gasteiger partial charge in [0.15, 0.2) is 0 Å². The van der Waals surface area contributed by atoms with Crippen LogP contribution in [0.25, 0.3) is 0 Å². The first-order valence-corrected chi connectivity index (χ1v) is 5.91. The molecule has 1 aliphatic rings. The van der Waals surface area contributed by atoms with Gasteiger partial charge in [-0.05, 0) is 19.0 Å². The van der Waals surface area contributed by atoms with Crippen LogP contribution in [-0.4, -0.2) is 30.5 Å². The Hall–Kier alpha value is -1.39. The molecule has 0 aromatic carbocycles. The molecule has 0 spiro atoms. The number of nitrogens with one attached hydrogen (secondary N) is 2. The minimum absolute atomic E-state index is 0.156. The van der Waals surface area contributed by atoms with E-state index in [4.69, 9.17) is 11.6 Å². The van der Waals surface area contributed by atoms with Gasteiger partial charge in [-0.3, -0.25) is 9.78 Å². The van der Waals surface area contributed by atoms with Gasteiger partial charge < -0.3 is 10.6 Å². The van der Waals surface area contributed by atoms with Crippen molar-refractivity contribution in [2.75, 3.05) is 19.6 Å². The smallest absolute Gasteiger partial charge is 0.253 e. The molecule has 0 bridgehead atoms. The Balaban J connectivity index is 1.93. The zero-order valence-corrected chi connectivity index (χ0v) is 10.1. The first-order valence-electron chi connectivity index (χ1n) is 5.53. The number of hydrogen-bond acceptors (Lipinski definition) is 3. The Bertz CT molecular complexity index is 445. The molecule has 2 rings (SSSR count). The van der Waals surface area contributed by atoms with Gasteiger partial charge in [-0.2, -0.15) is 0 Å². The molecule has 2 heterocycles. The number of carbonyl (C=O) groups is 1. The van der Waals surface area contributed by atoms with E-state index in [9.17, 15) is 4.79 Å².